The first kappa shape index (κ1) is 13.4. The van der Waals surface area contributed by atoms with Gasteiger partial charge >= 0.3 is 0 Å². The topological polar surface area (TPSA) is 21.3 Å². The zero-order valence-corrected chi connectivity index (χ0v) is 11.6. The smallest absolute Gasteiger partial charge is 0.0613 e. The third-order valence-corrected chi connectivity index (χ3v) is 4.82. The molecule has 1 saturated heterocycles. The number of rotatable bonds is 5. The highest BCUT2D eigenvalue weighted by molar-refractivity contribution is 4.83. The van der Waals surface area contributed by atoms with Gasteiger partial charge in [-0.1, -0.05) is 33.1 Å². The van der Waals surface area contributed by atoms with Gasteiger partial charge in [0.25, 0.3) is 0 Å². The Morgan fingerprint density at radius 1 is 1.00 bits per heavy atom. The van der Waals surface area contributed by atoms with Gasteiger partial charge in [0.1, 0.15) is 0 Å². The van der Waals surface area contributed by atoms with Crippen molar-refractivity contribution in [2.45, 2.75) is 70.9 Å². The molecule has 17 heavy (non-hydrogen) atoms. The average molecular weight is 239 g/mol. The molecule has 4 unspecified atom stereocenters. The summed E-state index contributed by atoms with van der Waals surface area (Å²) in [5.41, 5.74) is 0. The van der Waals surface area contributed by atoms with E-state index in [0.717, 1.165) is 24.5 Å². The van der Waals surface area contributed by atoms with Crippen molar-refractivity contribution in [2.75, 3.05) is 13.2 Å². The fraction of sp³-hybridized carbons (Fsp3) is 1.00. The van der Waals surface area contributed by atoms with Crippen molar-refractivity contribution >= 4 is 0 Å². The van der Waals surface area contributed by atoms with Crippen LogP contribution in [0.5, 0.6) is 0 Å². The summed E-state index contributed by atoms with van der Waals surface area (Å²) in [6.07, 6.45) is 9.99. The van der Waals surface area contributed by atoms with Gasteiger partial charge < -0.3 is 10.1 Å². The van der Waals surface area contributed by atoms with E-state index in [1.807, 2.05) is 0 Å². The second kappa shape index (κ2) is 6.75. The third-order valence-electron chi connectivity index (χ3n) is 4.82. The molecule has 1 N–H and O–H groups in total. The normalized spacial score (nSPS) is 38.5. The first-order chi connectivity index (χ1) is 8.35. The van der Waals surface area contributed by atoms with Crippen LogP contribution in [0, 0.1) is 11.8 Å². The minimum absolute atomic E-state index is 0.520. The predicted octanol–water partition coefficient (Wildman–Crippen LogP) is 3.36. The summed E-state index contributed by atoms with van der Waals surface area (Å²) in [6, 6.07) is 0.784. The summed E-state index contributed by atoms with van der Waals surface area (Å²) < 4.78 is 5.77. The highest BCUT2D eigenvalue weighted by Crippen LogP contribution is 2.28. The van der Waals surface area contributed by atoms with Gasteiger partial charge in [0.2, 0.25) is 0 Å². The first-order valence-electron chi connectivity index (χ1n) is 7.70. The van der Waals surface area contributed by atoms with Crippen molar-refractivity contribution in [3.05, 3.63) is 0 Å². The largest absolute Gasteiger partial charge is 0.378 e. The molecule has 2 aliphatic rings. The molecule has 0 aromatic carbocycles. The van der Waals surface area contributed by atoms with Gasteiger partial charge in [-0.3, -0.25) is 0 Å². The Balaban J connectivity index is 1.76. The maximum Gasteiger partial charge on any atom is 0.0613 e. The van der Waals surface area contributed by atoms with Crippen LogP contribution in [0.3, 0.4) is 0 Å². The van der Waals surface area contributed by atoms with E-state index in [1.165, 1.54) is 51.5 Å². The van der Waals surface area contributed by atoms with E-state index in [2.05, 4.69) is 19.2 Å². The fourth-order valence-corrected chi connectivity index (χ4v) is 3.65. The van der Waals surface area contributed by atoms with Crippen molar-refractivity contribution in [2.24, 2.45) is 11.8 Å². The maximum atomic E-state index is 5.77. The minimum atomic E-state index is 0.520. The lowest BCUT2D eigenvalue weighted by molar-refractivity contribution is 0.0851. The van der Waals surface area contributed by atoms with Crippen molar-refractivity contribution in [3.8, 4) is 0 Å². The van der Waals surface area contributed by atoms with E-state index >= 15 is 0 Å². The van der Waals surface area contributed by atoms with Gasteiger partial charge in [-0.25, -0.2) is 0 Å². The van der Waals surface area contributed by atoms with Crippen molar-refractivity contribution in [3.63, 3.8) is 0 Å². The molecule has 0 radical (unpaired) electrons. The summed E-state index contributed by atoms with van der Waals surface area (Å²) in [7, 11) is 0. The molecule has 1 heterocycles. The zero-order valence-electron chi connectivity index (χ0n) is 11.6. The van der Waals surface area contributed by atoms with Crippen LogP contribution in [0.15, 0.2) is 0 Å². The Morgan fingerprint density at radius 3 is 2.59 bits per heavy atom. The van der Waals surface area contributed by atoms with Gasteiger partial charge in [0.15, 0.2) is 0 Å². The van der Waals surface area contributed by atoms with E-state index in [4.69, 9.17) is 4.74 Å². The summed E-state index contributed by atoms with van der Waals surface area (Å²) in [5, 5.41) is 3.85. The highest BCUT2D eigenvalue weighted by atomic mass is 16.5. The Morgan fingerprint density at radius 2 is 1.82 bits per heavy atom. The zero-order chi connectivity index (χ0) is 12.1. The quantitative estimate of drug-likeness (QED) is 0.794. The second-order valence-corrected chi connectivity index (χ2v) is 5.83. The maximum absolute atomic E-state index is 5.77. The van der Waals surface area contributed by atoms with Crippen LogP contribution in [0.25, 0.3) is 0 Å². The molecular formula is C15H29NO. The van der Waals surface area contributed by atoms with Gasteiger partial charge in [0.05, 0.1) is 6.10 Å². The summed E-state index contributed by atoms with van der Waals surface area (Å²) in [4.78, 5) is 0. The SMILES string of the molecule is CCC1CCCCC1NCC1CCOC1CC. The minimum Gasteiger partial charge on any atom is -0.378 e. The van der Waals surface area contributed by atoms with Crippen molar-refractivity contribution < 1.29 is 4.74 Å². The molecule has 2 fully saturated rings. The molecule has 2 heteroatoms. The Hall–Kier alpha value is -0.0800. The van der Waals surface area contributed by atoms with E-state index in [1.54, 1.807) is 0 Å². The first-order valence-corrected chi connectivity index (χ1v) is 7.70. The van der Waals surface area contributed by atoms with Crippen LogP contribution >= 0.6 is 0 Å². The van der Waals surface area contributed by atoms with E-state index in [0.29, 0.717) is 6.10 Å². The van der Waals surface area contributed by atoms with Crippen LogP contribution in [-0.2, 0) is 4.74 Å². The Labute approximate surface area is 107 Å². The lowest BCUT2D eigenvalue weighted by atomic mass is 9.82. The third kappa shape index (κ3) is 3.45. The van der Waals surface area contributed by atoms with Crippen molar-refractivity contribution in [1.29, 1.82) is 0 Å². The van der Waals surface area contributed by atoms with Crippen LogP contribution in [0.2, 0.25) is 0 Å². The van der Waals surface area contributed by atoms with Crippen LogP contribution in [0.1, 0.15) is 58.8 Å². The summed E-state index contributed by atoms with van der Waals surface area (Å²) in [6.45, 7) is 6.75. The Kier molecular flexibility index (Phi) is 5.30. The molecule has 1 aliphatic heterocycles. The van der Waals surface area contributed by atoms with Gasteiger partial charge in [0, 0.05) is 19.2 Å². The number of hydrogen-bond acceptors (Lipinski definition) is 2. The lowest BCUT2D eigenvalue weighted by Gasteiger charge is -2.33. The van der Waals surface area contributed by atoms with Gasteiger partial charge in [-0.05, 0) is 37.5 Å². The second-order valence-electron chi connectivity index (χ2n) is 5.83. The summed E-state index contributed by atoms with van der Waals surface area (Å²) >= 11 is 0. The molecule has 0 bridgehead atoms. The van der Waals surface area contributed by atoms with Crippen molar-refractivity contribution in [1.82, 2.24) is 5.32 Å². The van der Waals surface area contributed by atoms with Gasteiger partial charge in [-0.15, -0.1) is 0 Å². The van der Waals surface area contributed by atoms with E-state index < -0.39 is 0 Å². The molecule has 4 atom stereocenters. The molecule has 2 rings (SSSR count). The number of nitrogens with one attached hydrogen (secondary N) is 1. The molecule has 0 amide bonds. The molecule has 1 saturated carbocycles. The van der Waals surface area contributed by atoms with E-state index in [9.17, 15) is 0 Å². The molecule has 1 aliphatic carbocycles. The molecule has 100 valence electrons. The predicted molar refractivity (Wildman–Crippen MR) is 72.2 cm³/mol. The fourth-order valence-electron chi connectivity index (χ4n) is 3.65. The average Bonchev–Trinajstić information content (AvgIpc) is 2.84. The van der Waals surface area contributed by atoms with E-state index in [-0.39, 0.29) is 0 Å². The van der Waals surface area contributed by atoms with Gasteiger partial charge in [-0.2, -0.15) is 0 Å². The van der Waals surface area contributed by atoms with Crippen LogP contribution in [0.4, 0.5) is 0 Å². The molecule has 0 spiro atoms. The molecular weight excluding hydrogens is 210 g/mol. The van der Waals surface area contributed by atoms with Crippen LogP contribution < -0.4 is 5.32 Å². The van der Waals surface area contributed by atoms with Crippen LogP contribution in [-0.4, -0.2) is 25.3 Å². The monoisotopic (exact) mass is 239 g/mol. The number of ether oxygens (including phenoxy) is 1. The number of hydrogen-bond donors (Lipinski definition) is 1. The molecule has 2 nitrogen and oxygen atoms in total. The molecule has 0 aromatic heterocycles. The summed E-state index contributed by atoms with van der Waals surface area (Å²) in [5.74, 6) is 1.69. The molecule has 0 aromatic rings. The standard InChI is InChI=1S/C15H29NO/c1-3-12-7-5-6-8-14(12)16-11-13-9-10-17-15(13)4-2/h12-16H,3-11H2,1-2H3. The Bertz CT molecular complexity index is 219. The lowest BCUT2D eigenvalue weighted by Crippen LogP contribution is -2.41. The highest BCUT2D eigenvalue weighted by Gasteiger charge is 2.29.